The third kappa shape index (κ3) is 2.92. The molecule has 0 saturated carbocycles. The third-order valence-electron chi connectivity index (χ3n) is 3.87. The normalized spacial score (nSPS) is 12.0. The molecule has 0 amide bonds. The van der Waals surface area contributed by atoms with Gasteiger partial charge in [-0.3, -0.25) is 4.79 Å². The molecule has 4 aromatic rings. The predicted molar refractivity (Wildman–Crippen MR) is 99.1 cm³/mol. The van der Waals surface area contributed by atoms with Crippen LogP contribution >= 0.6 is 11.3 Å². The maximum absolute atomic E-state index is 12.6. The van der Waals surface area contributed by atoms with E-state index in [4.69, 9.17) is 4.74 Å². The van der Waals surface area contributed by atoms with Gasteiger partial charge in [0.2, 0.25) is 4.96 Å². The van der Waals surface area contributed by atoms with Gasteiger partial charge in [0.05, 0.1) is 11.6 Å². The fraction of sp³-hybridized carbons (Fsp3) is 0.105. The summed E-state index contributed by atoms with van der Waals surface area (Å²) in [4.78, 5) is 17.7. The van der Waals surface area contributed by atoms with Crippen LogP contribution in [0.4, 0.5) is 0 Å². The van der Waals surface area contributed by atoms with E-state index in [0.717, 1.165) is 22.4 Å². The summed E-state index contributed by atoms with van der Waals surface area (Å²) in [6.07, 6.45) is 1.84. The molecule has 0 bridgehead atoms. The van der Waals surface area contributed by atoms with E-state index in [-0.39, 0.29) is 5.56 Å². The zero-order valence-electron chi connectivity index (χ0n) is 13.8. The maximum Gasteiger partial charge on any atom is 0.291 e. The lowest BCUT2D eigenvalue weighted by atomic mass is 10.1. The number of hydrogen-bond acceptors (Lipinski definition) is 5. The topological polar surface area (TPSA) is 56.5 Å². The molecule has 0 aliphatic carbocycles. The van der Waals surface area contributed by atoms with Crippen molar-refractivity contribution < 1.29 is 4.74 Å². The van der Waals surface area contributed by atoms with Gasteiger partial charge in [-0.1, -0.05) is 47.2 Å². The van der Waals surface area contributed by atoms with E-state index in [1.807, 2.05) is 61.5 Å². The van der Waals surface area contributed by atoms with E-state index in [1.165, 1.54) is 15.9 Å². The lowest BCUT2D eigenvalue weighted by Crippen LogP contribution is -2.23. The van der Waals surface area contributed by atoms with Crippen molar-refractivity contribution >= 4 is 22.4 Å². The minimum atomic E-state index is -0.151. The molecule has 6 heteroatoms. The van der Waals surface area contributed by atoms with Crippen molar-refractivity contribution in [3.8, 4) is 17.1 Å². The Morgan fingerprint density at radius 2 is 1.96 bits per heavy atom. The molecule has 0 radical (unpaired) electrons. The highest BCUT2D eigenvalue weighted by Crippen LogP contribution is 2.17. The average molecular weight is 349 g/mol. The van der Waals surface area contributed by atoms with Crippen LogP contribution in [0.2, 0.25) is 0 Å². The van der Waals surface area contributed by atoms with Crippen LogP contribution in [0.5, 0.6) is 5.75 Å². The zero-order chi connectivity index (χ0) is 17.4. The van der Waals surface area contributed by atoms with Crippen molar-refractivity contribution in [3.05, 3.63) is 74.5 Å². The van der Waals surface area contributed by atoms with Crippen LogP contribution in [-0.4, -0.2) is 21.7 Å². The number of hydrogen-bond donors (Lipinski definition) is 0. The van der Waals surface area contributed by atoms with Gasteiger partial charge in [-0.25, -0.2) is 0 Å². The van der Waals surface area contributed by atoms with E-state index in [1.54, 1.807) is 7.11 Å². The second-order valence-corrected chi connectivity index (χ2v) is 6.70. The van der Waals surface area contributed by atoms with Crippen LogP contribution < -0.4 is 14.8 Å². The molecule has 2 aromatic carbocycles. The Bertz CT molecular complexity index is 1160. The minimum Gasteiger partial charge on any atom is -0.497 e. The van der Waals surface area contributed by atoms with E-state index < -0.39 is 0 Å². The summed E-state index contributed by atoms with van der Waals surface area (Å²) < 4.78 is 7.13. The fourth-order valence-electron chi connectivity index (χ4n) is 2.59. The first-order valence-corrected chi connectivity index (χ1v) is 8.58. The Labute approximate surface area is 147 Å². The summed E-state index contributed by atoms with van der Waals surface area (Å²) in [7, 11) is 1.63. The number of methoxy groups -OCH3 is 1. The molecule has 0 spiro atoms. The van der Waals surface area contributed by atoms with Gasteiger partial charge < -0.3 is 4.74 Å². The van der Waals surface area contributed by atoms with E-state index in [9.17, 15) is 4.79 Å². The summed E-state index contributed by atoms with van der Waals surface area (Å²) >= 11 is 1.34. The number of ether oxygens (including phenoxy) is 1. The molecular weight excluding hydrogens is 334 g/mol. The molecule has 2 heterocycles. The van der Waals surface area contributed by atoms with Crippen molar-refractivity contribution in [3.63, 3.8) is 0 Å². The molecule has 0 saturated heterocycles. The van der Waals surface area contributed by atoms with E-state index in [0.29, 0.717) is 15.3 Å². The van der Waals surface area contributed by atoms with Crippen molar-refractivity contribution in [1.82, 2.24) is 14.6 Å². The number of aryl methyl sites for hydroxylation is 1. The second-order valence-electron chi connectivity index (χ2n) is 5.69. The molecule has 0 unspecified atom stereocenters. The molecule has 2 aromatic heterocycles. The van der Waals surface area contributed by atoms with Crippen molar-refractivity contribution in [2.45, 2.75) is 6.92 Å². The molecule has 0 aliphatic heterocycles. The van der Waals surface area contributed by atoms with Crippen LogP contribution in [0, 0.1) is 6.92 Å². The molecule has 25 heavy (non-hydrogen) atoms. The number of rotatable bonds is 3. The molecule has 0 aliphatic rings. The van der Waals surface area contributed by atoms with Crippen molar-refractivity contribution in [1.29, 1.82) is 0 Å². The van der Waals surface area contributed by atoms with Gasteiger partial charge >= 0.3 is 0 Å². The molecule has 5 nitrogen and oxygen atoms in total. The first-order valence-electron chi connectivity index (χ1n) is 7.76. The summed E-state index contributed by atoms with van der Waals surface area (Å²) in [5.41, 5.74) is 2.83. The molecule has 4 rings (SSSR count). The molecule has 0 N–H and O–H groups in total. The van der Waals surface area contributed by atoms with Gasteiger partial charge in [-0.15, -0.1) is 5.10 Å². The lowest BCUT2D eigenvalue weighted by molar-refractivity contribution is 0.415. The first-order chi connectivity index (χ1) is 12.1. The van der Waals surface area contributed by atoms with Crippen molar-refractivity contribution in [2.75, 3.05) is 7.11 Å². The maximum atomic E-state index is 12.6. The Balaban J connectivity index is 1.77. The second kappa shape index (κ2) is 6.14. The van der Waals surface area contributed by atoms with Gasteiger partial charge in [-0.2, -0.15) is 9.50 Å². The average Bonchev–Trinajstić information content (AvgIpc) is 3.16. The summed E-state index contributed by atoms with van der Waals surface area (Å²) in [6, 6.07) is 15.5. The number of thiazole rings is 1. The summed E-state index contributed by atoms with van der Waals surface area (Å²) in [5.74, 6) is 1.35. The Morgan fingerprint density at radius 3 is 2.64 bits per heavy atom. The monoisotopic (exact) mass is 349 g/mol. The van der Waals surface area contributed by atoms with Crippen LogP contribution in [0.25, 0.3) is 22.4 Å². The largest absolute Gasteiger partial charge is 0.497 e. The fourth-order valence-corrected chi connectivity index (χ4v) is 3.50. The Hall–Kier alpha value is -2.99. The number of benzene rings is 2. The van der Waals surface area contributed by atoms with Gasteiger partial charge in [0.15, 0.2) is 5.82 Å². The highest BCUT2D eigenvalue weighted by Gasteiger charge is 2.11. The van der Waals surface area contributed by atoms with Gasteiger partial charge in [0.25, 0.3) is 5.56 Å². The summed E-state index contributed by atoms with van der Waals surface area (Å²) in [5, 5.41) is 4.38. The molecule has 0 atom stereocenters. The zero-order valence-corrected chi connectivity index (χ0v) is 14.6. The highest BCUT2D eigenvalue weighted by molar-refractivity contribution is 7.15. The molecule has 0 fully saturated rings. The van der Waals surface area contributed by atoms with Gasteiger partial charge in [0, 0.05) is 5.56 Å². The van der Waals surface area contributed by atoms with E-state index >= 15 is 0 Å². The third-order valence-corrected chi connectivity index (χ3v) is 4.83. The number of nitrogens with zero attached hydrogens (tertiary/aromatic N) is 3. The predicted octanol–water partition coefficient (Wildman–Crippen LogP) is 2.68. The first kappa shape index (κ1) is 15.5. The van der Waals surface area contributed by atoms with Gasteiger partial charge in [-0.05, 0) is 36.8 Å². The number of fused-ring (bicyclic) bond motifs is 1. The van der Waals surface area contributed by atoms with Crippen LogP contribution in [0.15, 0.2) is 53.3 Å². The van der Waals surface area contributed by atoms with E-state index in [2.05, 4.69) is 10.1 Å². The smallest absolute Gasteiger partial charge is 0.291 e. The lowest BCUT2D eigenvalue weighted by Gasteiger charge is -1.98. The minimum absolute atomic E-state index is 0.151. The van der Waals surface area contributed by atoms with Crippen LogP contribution in [0.1, 0.15) is 11.1 Å². The SMILES string of the molecule is COc1ccc(/C=c2\sc3nc(-c4cccc(C)c4)nn3c2=O)cc1. The molecule has 124 valence electrons. The standard InChI is InChI=1S/C19H15N3O2S/c1-12-4-3-5-14(10-12)17-20-19-22(21-17)18(23)16(25-19)11-13-6-8-15(24-2)9-7-13/h3-11H,1-2H3/b16-11-. The van der Waals surface area contributed by atoms with Crippen molar-refractivity contribution in [2.24, 2.45) is 0 Å². The van der Waals surface area contributed by atoms with Crippen LogP contribution in [0.3, 0.4) is 0 Å². The Morgan fingerprint density at radius 1 is 1.16 bits per heavy atom. The highest BCUT2D eigenvalue weighted by atomic mass is 32.1. The summed E-state index contributed by atoms with van der Waals surface area (Å²) in [6.45, 7) is 2.02. The van der Waals surface area contributed by atoms with Gasteiger partial charge in [0.1, 0.15) is 5.75 Å². The van der Waals surface area contributed by atoms with Crippen LogP contribution in [-0.2, 0) is 0 Å². The number of aromatic nitrogens is 3. The molecular formula is C19H15N3O2S. The quantitative estimate of drug-likeness (QED) is 0.571. The Kier molecular flexibility index (Phi) is 3.82.